The number of hydrogen-bond acceptors (Lipinski definition) is 7. The molecule has 9 nitrogen and oxygen atoms in total. The Bertz CT molecular complexity index is 882. The van der Waals surface area contributed by atoms with Crippen molar-refractivity contribution in [1.29, 1.82) is 0 Å². The van der Waals surface area contributed by atoms with E-state index in [-0.39, 0.29) is 18.4 Å². The lowest BCUT2D eigenvalue weighted by molar-refractivity contribution is 0.0387. The fourth-order valence-corrected chi connectivity index (χ4v) is 3.18. The van der Waals surface area contributed by atoms with E-state index in [2.05, 4.69) is 20.4 Å². The van der Waals surface area contributed by atoms with Gasteiger partial charge >= 0.3 is 5.97 Å². The summed E-state index contributed by atoms with van der Waals surface area (Å²) in [6, 6.07) is -0.428. The molecule has 0 radical (unpaired) electrons. The van der Waals surface area contributed by atoms with Crippen LogP contribution in [0.1, 0.15) is 82.5 Å². The number of nitrogens with zero attached hydrogens (tertiary/aromatic N) is 2. The van der Waals surface area contributed by atoms with Gasteiger partial charge in [-0.25, -0.2) is 4.79 Å². The molecule has 29 heavy (non-hydrogen) atoms. The van der Waals surface area contributed by atoms with Crippen LogP contribution in [0.5, 0.6) is 0 Å². The maximum atomic E-state index is 13.0. The first-order valence-corrected chi connectivity index (χ1v) is 9.83. The quantitative estimate of drug-likeness (QED) is 0.487. The predicted molar refractivity (Wildman–Crippen MR) is 104 cm³/mol. The Morgan fingerprint density at radius 2 is 2.00 bits per heavy atom. The molecule has 1 fully saturated rings. The van der Waals surface area contributed by atoms with Gasteiger partial charge in [0.1, 0.15) is 18.3 Å². The zero-order valence-corrected chi connectivity index (χ0v) is 17.5. The van der Waals surface area contributed by atoms with Crippen LogP contribution in [0.25, 0.3) is 0 Å². The van der Waals surface area contributed by atoms with Crippen molar-refractivity contribution in [3.63, 3.8) is 0 Å². The third kappa shape index (κ3) is 4.67. The Morgan fingerprint density at radius 3 is 2.62 bits per heavy atom. The van der Waals surface area contributed by atoms with E-state index in [1.54, 1.807) is 13.8 Å². The minimum Gasteiger partial charge on any atom is -0.460 e. The van der Waals surface area contributed by atoms with E-state index in [9.17, 15) is 9.59 Å². The first kappa shape index (κ1) is 21.0. The third-order valence-corrected chi connectivity index (χ3v) is 5.01. The summed E-state index contributed by atoms with van der Waals surface area (Å²) in [5.41, 5.74) is 1.79. The summed E-state index contributed by atoms with van der Waals surface area (Å²) in [5.74, 6) is 0.686. The topological polar surface area (TPSA) is 119 Å². The lowest BCUT2D eigenvalue weighted by Crippen LogP contribution is -2.32. The molecule has 158 valence electrons. The summed E-state index contributed by atoms with van der Waals surface area (Å²) in [6.07, 6.45) is 2.14. The molecule has 0 aliphatic heterocycles. The van der Waals surface area contributed by atoms with E-state index in [0.717, 1.165) is 12.8 Å². The molecule has 1 amide bonds. The highest BCUT2D eigenvalue weighted by atomic mass is 16.6. The van der Waals surface area contributed by atoms with Crippen molar-refractivity contribution < 1.29 is 23.6 Å². The smallest absolute Gasteiger partial charge is 0.340 e. The number of carbonyl (C=O) groups excluding carboxylic acids is 2. The fourth-order valence-electron chi connectivity index (χ4n) is 3.18. The number of ether oxygens (including phenoxy) is 2. The average Bonchev–Trinajstić information content (AvgIpc) is 3.33. The molecule has 1 atom stereocenters. The number of aryl methyl sites for hydroxylation is 1. The largest absolute Gasteiger partial charge is 0.460 e. The SMILES string of the molecule is COCCOC(=O)c1c(C)[nH]c(C(=O)NC(c2nc(C3CC3)no2)C(C)C)c1C. The van der Waals surface area contributed by atoms with E-state index in [4.69, 9.17) is 14.0 Å². The van der Waals surface area contributed by atoms with Crippen LogP contribution in [-0.2, 0) is 9.47 Å². The molecule has 3 rings (SSSR count). The molecule has 2 aromatic heterocycles. The number of hydrogen-bond donors (Lipinski definition) is 2. The number of aromatic amines is 1. The number of amides is 1. The monoisotopic (exact) mass is 404 g/mol. The van der Waals surface area contributed by atoms with Gasteiger partial charge in [-0.05, 0) is 38.2 Å². The third-order valence-electron chi connectivity index (χ3n) is 5.01. The summed E-state index contributed by atoms with van der Waals surface area (Å²) < 4.78 is 15.5. The van der Waals surface area contributed by atoms with Crippen molar-refractivity contribution in [1.82, 2.24) is 20.4 Å². The van der Waals surface area contributed by atoms with Crippen molar-refractivity contribution in [3.05, 3.63) is 34.2 Å². The highest BCUT2D eigenvalue weighted by Gasteiger charge is 2.32. The molecule has 0 aromatic carbocycles. The standard InChI is InChI=1S/C20H28N4O5/c1-10(2)15(19-23-17(24-29-19)13-6-7-13)22-18(25)16-11(3)14(12(4)21-16)20(26)28-9-8-27-5/h10,13,15,21H,6-9H2,1-5H3,(H,22,25). The van der Waals surface area contributed by atoms with Gasteiger partial charge in [-0.3, -0.25) is 4.79 Å². The molecule has 0 spiro atoms. The second-order valence-electron chi connectivity index (χ2n) is 7.71. The zero-order valence-electron chi connectivity index (χ0n) is 17.5. The maximum Gasteiger partial charge on any atom is 0.340 e. The van der Waals surface area contributed by atoms with Crippen molar-refractivity contribution in [2.45, 2.75) is 52.5 Å². The van der Waals surface area contributed by atoms with Gasteiger partial charge in [0.25, 0.3) is 5.91 Å². The van der Waals surface area contributed by atoms with Crippen molar-refractivity contribution in [2.75, 3.05) is 20.3 Å². The first-order valence-electron chi connectivity index (χ1n) is 9.83. The van der Waals surface area contributed by atoms with Crippen LogP contribution in [0.2, 0.25) is 0 Å². The van der Waals surface area contributed by atoms with Gasteiger partial charge in [-0.2, -0.15) is 4.98 Å². The van der Waals surface area contributed by atoms with E-state index >= 15 is 0 Å². The molecular weight excluding hydrogens is 376 g/mol. The molecule has 0 saturated heterocycles. The van der Waals surface area contributed by atoms with Crippen LogP contribution >= 0.6 is 0 Å². The second kappa shape index (κ2) is 8.77. The Labute approximate surface area is 169 Å². The Kier molecular flexibility index (Phi) is 6.36. The van der Waals surface area contributed by atoms with E-state index < -0.39 is 12.0 Å². The van der Waals surface area contributed by atoms with Crippen LogP contribution in [0.4, 0.5) is 0 Å². The number of carbonyl (C=O) groups is 2. The summed E-state index contributed by atoms with van der Waals surface area (Å²) in [7, 11) is 1.53. The van der Waals surface area contributed by atoms with E-state index in [1.807, 2.05) is 13.8 Å². The van der Waals surface area contributed by atoms with Crippen LogP contribution in [-0.4, -0.2) is 47.3 Å². The highest BCUT2D eigenvalue weighted by molar-refractivity contribution is 6.00. The predicted octanol–water partition coefficient (Wildman–Crippen LogP) is 2.82. The minimum absolute atomic E-state index is 0.0429. The van der Waals surface area contributed by atoms with Crippen LogP contribution < -0.4 is 5.32 Å². The molecule has 2 aromatic rings. The van der Waals surface area contributed by atoms with Crippen molar-refractivity contribution in [2.24, 2.45) is 5.92 Å². The molecule has 0 bridgehead atoms. The summed E-state index contributed by atoms with van der Waals surface area (Å²) >= 11 is 0. The second-order valence-corrected chi connectivity index (χ2v) is 7.71. The molecule has 9 heteroatoms. The van der Waals surface area contributed by atoms with Gasteiger partial charge in [0.15, 0.2) is 5.82 Å². The van der Waals surface area contributed by atoms with Crippen LogP contribution in [0.3, 0.4) is 0 Å². The number of methoxy groups -OCH3 is 1. The average molecular weight is 404 g/mol. The summed E-state index contributed by atoms with van der Waals surface area (Å²) in [4.78, 5) is 32.8. The van der Waals surface area contributed by atoms with Gasteiger partial charge in [0.05, 0.1) is 12.2 Å². The Morgan fingerprint density at radius 1 is 1.28 bits per heavy atom. The summed E-state index contributed by atoms with van der Waals surface area (Å²) in [5, 5.41) is 7.00. The van der Waals surface area contributed by atoms with Crippen LogP contribution in [0, 0.1) is 19.8 Å². The Hall–Kier alpha value is -2.68. The minimum atomic E-state index is -0.487. The molecule has 1 saturated carbocycles. The molecular formula is C20H28N4O5. The first-order chi connectivity index (χ1) is 13.8. The molecule has 1 aliphatic rings. The molecule has 2 heterocycles. The zero-order chi connectivity index (χ0) is 21.1. The molecule has 2 N–H and O–H groups in total. The number of aromatic nitrogens is 3. The van der Waals surface area contributed by atoms with Crippen LogP contribution in [0.15, 0.2) is 4.52 Å². The number of esters is 1. The van der Waals surface area contributed by atoms with Gasteiger partial charge in [-0.1, -0.05) is 19.0 Å². The summed E-state index contributed by atoms with van der Waals surface area (Å²) in [6.45, 7) is 7.85. The van der Waals surface area contributed by atoms with Gasteiger partial charge < -0.3 is 24.3 Å². The van der Waals surface area contributed by atoms with Gasteiger partial charge in [-0.15, -0.1) is 0 Å². The lowest BCUT2D eigenvalue weighted by atomic mass is 10.0. The van der Waals surface area contributed by atoms with Crippen molar-refractivity contribution >= 4 is 11.9 Å². The van der Waals surface area contributed by atoms with E-state index in [0.29, 0.717) is 46.8 Å². The van der Waals surface area contributed by atoms with Gasteiger partial charge in [0, 0.05) is 18.7 Å². The molecule has 1 aliphatic carbocycles. The van der Waals surface area contributed by atoms with Gasteiger partial charge in [0.2, 0.25) is 5.89 Å². The highest BCUT2D eigenvalue weighted by Crippen LogP contribution is 2.38. The van der Waals surface area contributed by atoms with Crippen molar-refractivity contribution in [3.8, 4) is 0 Å². The number of rotatable bonds is 9. The number of H-pyrrole nitrogens is 1. The Balaban J connectivity index is 1.76. The maximum absolute atomic E-state index is 13.0. The number of nitrogens with one attached hydrogen (secondary N) is 2. The molecule has 1 unspecified atom stereocenters. The fraction of sp³-hybridized carbons (Fsp3) is 0.600. The van der Waals surface area contributed by atoms with E-state index in [1.165, 1.54) is 7.11 Å². The lowest BCUT2D eigenvalue weighted by Gasteiger charge is -2.18. The normalized spacial score (nSPS) is 14.8.